The molecular weight excluding hydrogens is 342 g/mol. The lowest BCUT2D eigenvalue weighted by atomic mass is 10.1. The van der Waals surface area contributed by atoms with Crippen molar-refractivity contribution >= 4 is 23.2 Å². The molecule has 0 aromatic carbocycles. The van der Waals surface area contributed by atoms with Crippen molar-refractivity contribution in [3.63, 3.8) is 0 Å². The summed E-state index contributed by atoms with van der Waals surface area (Å²) < 4.78 is 7.32. The number of anilines is 2. The second-order valence-corrected chi connectivity index (χ2v) is 6.89. The van der Waals surface area contributed by atoms with Crippen LogP contribution in [0.3, 0.4) is 0 Å². The Morgan fingerprint density at radius 3 is 2.92 bits per heavy atom. The van der Waals surface area contributed by atoms with E-state index in [4.69, 9.17) is 22.9 Å². The van der Waals surface area contributed by atoms with Crippen molar-refractivity contribution in [1.29, 1.82) is 0 Å². The maximum absolute atomic E-state index is 7.28. The summed E-state index contributed by atoms with van der Waals surface area (Å²) >= 11 is 6.11. The van der Waals surface area contributed by atoms with E-state index in [1.807, 2.05) is 6.92 Å². The molecule has 0 aliphatic carbocycles. The van der Waals surface area contributed by atoms with E-state index in [2.05, 4.69) is 30.5 Å². The van der Waals surface area contributed by atoms with E-state index < -0.39 is 5.66 Å². The van der Waals surface area contributed by atoms with E-state index in [0.29, 0.717) is 29.4 Å². The quantitative estimate of drug-likeness (QED) is 0.770. The molecule has 2 N–H and O–H groups in total. The average molecular weight is 362 g/mol. The molecule has 1 aliphatic rings. The number of aromatic nitrogens is 4. The van der Waals surface area contributed by atoms with Gasteiger partial charge in [0, 0.05) is 32.9 Å². The summed E-state index contributed by atoms with van der Waals surface area (Å²) in [6.07, 6.45) is 3.28. The fourth-order valence-corrected chi connectivity index (χ4v) is 2.36. The van der Waals surface area contributed by atoms with Crippen LogP contribution in [0, 0.1) is 19.4 Å². The number of rotatable bonds is 6. The van der Waals surface area contributed by atoms with Gasteiger partial charge in [-0.3, -0.25) is 4.85 Å². The SMILES string of the molecule is [C-]#[N+]C(C)(C)n1cc(Nc2ncc(Cl)c(OCC3CNC3)n2)c(C)n1. The maximum Gasteiger partial charge on any atom is 0.319 e. The molecule has 0 atom stereocenters. The number of hydrogen-bond acceptors (Lipinski definition) is 6. The highest BCUT2D eigenvalue weighted by Crippen LogP contribution is 2.26. The molecule has 0 amide bonds. The third kappa shape index (κ3) is 3.83. The Hall–Kier alpha value is -2.37. The normalized spacial score (nSPS) is 14.7. The van der Waals surface area contributed by atoms with Crippen LogP contribution < -0.4 is 15.4 Å². The molecule has 132 valence electrons. The van der Waals surface area contributed by atoms with Gasteiger partial charge in [-0.25, -0.2) is 11.6 Å². The number of ether oxygens (including phenoxy) is 1. The molecule has 3 heterocycles. The van der Waals surface area contributed by atoms with Crippen molar-refractivity contribution in [2.75, 3.05) is 25.0 Å². The first-order valence-corrected chi connectivity index (χ1v) is 8.35. The highest BCUT2D eigenvalue weighted by molar-refractivity contribution is 6.31. The minimum absolute atomic E-state index is 0.359. The number of nitrogens with one attached hydrogen (secondary N) is 2. The van der Waals surface area contributed by atoms with Crippen LogP contribution in [-0.4, -0.2) is 39.4 Å². The zero-order valence-corrected chi connectivity index (χ0v) is 15.1. The Morgan fingerprint density at radius 2 is 2.28 bits per heavy atom. The zero-order chi connectivity index (χ0) is 18.0. The lowest BCUT2D eigenvalue weighted by Crippen LogP contribution is -2.45. The van der Waals surface area contributed by atoms with Crippen molar-refractivity contribution in [2.45, 2.75) is 26.4 Å². The smallest absolute Gasteiger partial charge is 0.319 e. The molecule has 2 aromatic heterocycles. The number of nitrogens with zero attached hydrogens (tertiary/aromatic N) is 5. The van der Waals surface area contributed by atoms with Gasteiger partial charge in [-0.2, -0.15) is 14.8 Å². The van der Waals surface area contributed by atoms with Gasteiger partial charge in [0.1, 0.15) is 5.02 Å². The van der Waals surface area contributed by atoms with E-state index in [1.54, 1.807) is 24.7 Å². The lowest BCUT2D eigenvalue weighted by molar-refractivity contribution is 0.193. The second kappa shape index (κ2) is 6.86. The van der Waals surface area contributed by atoms with Gasteiger partial charge < -0.3 is 15.4 Å². The minimum Gasteiger partial charge on any atom is -0.476 e. The molecule has 0 bridgehead atoms. The van der Waals surface area contributed by atoms with Gasteiger partial charge in [0.25, 0.3) is 0 Å². The first kappa shape index (κ1) is 17.5. The van der Waals surface area contributed by atoms with Gasteiger partial charge in [-0.1, -0.05) is 11.6 Å². The van der Waals surface area contributed by atoms with E-state index >= 15 is 0 Å². The Bertz CT molecular complexity index is 807. The number of hydrogen-bond donors (Lipinski definition) is 2. The Morgan fingerprint density at radius 1 is 1.52 bits per heavy atom. The molecule has 3 rings (SSSR count). The maximum atomic E-state index is 7.28. The van der Waals surface area contributed by atoms with Crippen molar-refractivity contribution in [2.24, 2.45) is 5.92 Å². The van der Waals surface area contributed by atoms with Crippen LogP contribution >= 0.6 is 11.6 Å². The average Bonchev–Trinajstić information content (AvgIpc) is 2.90. The van der Waals surface area contributed by atoms with Gasteiger partial charge in [0.05, 0.1) is 30.4 Å². The Labute approximate surface area is 151 Å². The van der Waals surface area contributed by atoms with Gasteiger partial charge in [0.2, 0.25) is 11.8 Å². The molecular formula is C16H20ClN7O. The summed E-state index contributed by atoms with van der Waals surface area (Å²) in [5.74, 6) is 1.21. The van der Waals surface area contributed by atoms with E-state index in [1.165, 1.54) is 6.20 Å². The number of aryl methyl sites for hydroxylation is 1. The predicted molar refractivity (Wildman–Crippen MR) is 95.1 cm³/mol. The predicted octanol–water partition coefficient (Wildman–Crippen LogP) is 2.59. The van der Waals surface area contributed by atoms with Crippen molar-refractivity contribution in [1.82, 2.24) is 25.1 Å². The van der Waals surface area contributed by atoms with Crippen LogP contribution in [0.25, 0.3) is 4.85 Å². The molecule has 2 aromatic rings. The molecule has 9 heteroatoms. The fourth-order valence-electron chi connectivity index (χ4n) is 2.21. The molecule has 0 radical (unpaired) electrons. The van der Waals surface area contributed by atoms with E-state index in [-0.39, 0.29) is 0 Å². The highest BCUT2D eigenvalue weighted by atomic mass is 35.5. The van der Waals surface area contributed by atoms with Crippen LogP contribution in [0.5, 0.6) is 5.88 Å². The molecule has 0 saturated carbocycles. The summed E-state index contributed by atoms with van der Waals surface area (Å²) in [4.78, 5) is 12.1. The molecule has 25 heavy (non-hydrogen) atoms. The summed E-state index contributed by atoms with van der Waals surface area (Å²) in [5.41, 5.74) is 0.725. The van der Waals surface area contributed by atoms with Crippen LogP contribution in [0.4, 0.5) is 11.6 Å². The van der Waals surface area contributed by atoms with Crippen LogP contribution in [0.1, 0.15) is 19.5 Å². The third-order valence-corrected chi connectivity index (χ3v) is 4.27. The molecule has 0 spiro atoms. The second-order valence-electron chi connectivity index (χ2n) is 6.49. The summed E-state index contributed by atoms with van der Waals surface area (Å²) in [7, 11) is 0. The monoisotopic (exact) mass is 361 g/mol. The van der Waals surface area contributed by atoms with E-state index in [9.17, 15) is 0 Å². The third-order valence-electron chi connectivity index (χ3n) is 4.01. The topological polar surface area (TPSA) is 81.2 Å². The van der Waals surface area contributed by atoms with Gasteiger partial charge in [-0.05, 0) is 6.92 Å². The molecule has 1 fully saturated rings. The lowest BCUT2D eigenvalue weighted by Gasteiger charge is -2.26. The van der Waals surface area contributed by atoms with E-state index in [0.717, 1.165) is 24.5 Å². The summed E-state index contributed by atoms with van der Waals surface area (Å²) in [5, 5.41) is 11.1. The fraction of sp³-hybridized carbons (Fsp3) is 0.500. The summed E-state index contributed by atoms with van der Waals surface area (Å²) in [6.45, 7) is 15.2. The van der Waals surface area contributed by atoms with Crippen LogP contribution in [0.2, 0.25) is 5.02 Å². The highest BCUT2D eigenvalue weighted by Gasteiger charge is 2.27. The van der Waals surface area contributed by atoms with Crippen molar-refractivity contribution < 1.29 is 4.74 Å². The van der Waals surface area contributed by atoms with Gasteiger partial charge in [0.15, 0.2) is 0 Å². The number of halogens is 1. The van der Waals surface area contributed by atoms with Crippen molar-refractivity contribution in [3.8, 4) is 5.88 Å². The van der Waals surface area contributed by atoms with Crippen molar-refractivity contribution in [3.05, 3.63) is 34.5 Å². The molecule has 1 saturated heterocycles. The summed E-state index contributed by atoms with van der Waals surface area (Å²) in [6, 6.07) is 0. The Balaban J connectivity index is 1.75. The van der Waals surface area contributed by atoms with Crippen LogP contribution in [-0.2, 0) is 5.66 Å². The molecule has 1 aliphatic heterocycles. The standard InChI is InChI=1S/C16H20ClN7O/c1-10-13(8-24(23-10)16(2,3)18-4)21-15-20-7-12(17)14(22-15)25-9-11-5-19-6-11/h7-8,11,19H,5-6,9H2,1-3H3,(H,20,21,22). The minimum atomic E-state index is -0.753. The molecule has 8 nitrogen and oxygen atoms in total. The van der Waals surface area contributed by atoms with Gasteiger partial charge in [-0.15, -0.1) is 0 Å². The molecule has 0 unspecified atom stereocenters. The first-order valence-electron chi connectivity index (χ1n) is 7.97. The zero-order valence-electron chi connectivity index (χ0n) is 14.4. The Kier molecular flexibility index (Phi) is 4.79. The van der Waals surface area contributed by atoms with Gasteiger partial charge >= 0.3 is 5.66 Å². The van der Waals surface area contributed by atoms with Crippen LogP contribution in [0.15, 0.2) is 12.4 Å². The largest absolute Gasteiger partial charge is 0.476 e. The first-order chi connectivity index (χ1) is 11.9.